The maximum absolute atomic E-state index is 5.71. The summed E-state index contributed by atoms with van der Waals surface area (Å²) in [7, 11) is 0. The Hall–Kier alpha value is -1.82. The summed E-state index contributed by atoms with van der Waals surface area (Å²) in [4.78, 5) is 0. The molecule has 0 fully saturated rings. The van der Waals surface area contributed by atoms with E-state index in [1.807, 2.05) is 22.8 Å². The van der Waals surface area contributed by atoms with Gasteiger partial charge in [0.05, 0.1) is 13.2 Å². The van der Waals surface area contributed by atoms with Crippen LogP contribution in [0.1, 0.15) is 24.7 Å². The average molecular weight is 291 g/mol. The average Bonchev–Trinajstić information content (AvgIpc) is 2.66. The first-order chi connectivity index (χ1) is 9.78. The predicted octanol–water partition coefficient (Wildman–Crippen LogP) is 2.71. The predicted molar refractivity (Wildman–Crippen MR) is 77.9 cm³/mol. The van der Waals surface area contributed by atoms with Crippen LogP contribution in [0, 0.1) is 4.77 Å². The second-order valence-corrected chi connectivity index (χ2v) is 5.08. The van der Waals surface area contributed by atoms with Gasteiger partial charge >= 0.3 is 0 Å². The number of hydrogen-bond donors (Lipinski definition) is 1. The fourth-order valence-corrected chi connectivity index (χ4v) is 2.59. The third kappa shape index (κ3) is 2.56. The number of hydrogen-bond acceptors (Lipinski definition) is 4. The number of nitrogens with one attached hydrogen (secondary N) is 1. The molecule has 0 radical (unpaired) electrons. The van der Waals surface area contributed by atoms with Gasteiger partial charge in [-0.1, -0.05) is 6.07 Å². The Balaban J connectivity index is 1.87. The molecule has 0 bridgehead atoms. The summed E-state index contributed by atoms with van der Waals surface area (Å²) in [5, 5.41) is 7.13. The Bertz CT molecular complexity index is 663. The molecule has 0 atom stereocenters. The summed E-state index contributed by atoms with van der Waals surface area (Å²) in [5.74, 6) is 2.57. The maximum atomic E-state index is 5.71. The van der Waals surface area contributed by atoms with E-state index in [9.17, 15) is 0 Å². The zero-order valence-electron chi connectivity index (χ0n) is 11.4. The molecule has 0 amide bonds. The summed E-state index contributed by atoms with van der Waals surface area (Å²) < 4.78 is 14.0. The highest BCUT2D eigenvalue weighted by Crippen LogP contribution is 2.30. The molecule has 0 saturated heterocycles. The highest BCUT2D eigenvalue weighted by molar-refractivity contribution is 7.71. The van der Waals surface area contributed by atoms with E-state index in [2.05, 4.69) is 17.1 Å². The van der Waals surface area contributed by atoms with Gasteiger partial charge in [0.25, 0.3) is 0 Å². The smallest absolute Gasteiger partial charge is 0.195 e. The van der Waals surface area contributed by atoms with E-state index >= 15 is 0 Å². The summed E-state index contributed by atoms with van der Waals surface area (Å²) >= 11 is 5.20. The quantitative estimate of drug-likeness (QED) is 0.883. The molecule has 6 heteroatoms. The Morgan fingerprint density at radius 1 is 1.30 bits per heavy atom. The van der Waals surface area contributed by atoms with Gasteiger partial charge < -0.3 is 14.0 Å². The van der Waals surface area contributed by atoms with Crippen LogP contribution < -0.4 is 9.47 Å². The van der Waals surface area contributed by atoms with Crippen molar-refractivity contribution in [3.8, 4) is 11.5 Å². The van der Waals surface area contributed by atoms with E-state index in [-0.39, 0.29) is 0 Å². The van der Waals surface area contributed by atoms with Crippen LogP contribution in [-0.4, -0.2) is 28.0 Å². The molecule has 1 aliphatic heterocycles. The Morgan fingerprint density at radius 2 is 2.10 bits per heavy atom. The second-order valence-electron chi connectivity index (χ2n) is 4.70. The van der Waals surface area contributed by atoms with Crippen molar-refractivity contribution in [2.75, 3.05) is 13.2 Å². The standard InChI is InChI=1S/C14H17N3O2S/c1-2-17-13(15-16-14(17)20)9-10-4-5-11-12(8-10)19-7-3-6-18-11/h4-5,8H,2-3,6-7,9H2,1H3,(H,16,20). The van der Waals surface area contributed by atoms with Crippen molar-refractivity contribution in [3.05, 3.63) is 34.4 Å². The molecule has 106 valence electrons. The molecule has 5 nitrogen and oxygen atoms in total. The lowest BCUT2D eigenvalue weighted by Gasteiger charge is -2.09. The lowest BCUT2D eigenvalue weighted by molar-refractivity contribution is 0.297. The molecule has 0 aliphatic carbocycles. The first kappa shape index (κ1) is 13.2. The van der Waals surface area contributed by atoms with Crippen LogP contribution >= 0.6 is 12.2 Å². The molecule has 1 aliphatic rings. The molecule has 0 unspecified atom stereocenters. The largest absolute Gasteiger partial charge is 0.490 e. The third-order valence-electron chi connectivity index (χ3n) is 3.33. The van der Waals surface area contributed by atoms with Gasteiger partial charge in [0.1, 0.15) is 5.82 Å². The molecule has 20 heavy (non-hydrogen) atoms. The molecule has 0 saturated carbocycles. The van der Waals surface area contributed by atoms with E-state index in [0.717, 1.165) is 42.3 Å². The minimum atomic E-state index is 0.664. The number of H-pyrrole nitrogens is 1. The molecule has 2 aromatic rings. The Morgan fingerprint density at radius 3 is 2.90 bits per heavy atom. The summed E-state index contributed by atoms with van der Waals surface area (Å²) in [5.41, 5.74) is 1.14. The number of aromatic nitrogens is 3. The second kappa shape index (κ2) is 5.66. The zero-order chi connectivity index (χ0) is 13.9. The zero-order valence-corrected chi connectivity index (χ0v) is 12.2. The molecule has 1 aromatic carbocycles. The van der Waals surface area contributed by atoms with Gasteiger partial charge in [-0.2, -0.15) is 5.10 Å². The first-order valence-electron chi connectivity index (χ1n) is 6.80. The van der Waals surface area contributed by atoms with Crippen molar-refractivity contribution < 1.29 is 9.47 Å². The highest BCUT2D eigenvalue weighted by atomic mass is 32.1. The van der Waals surface area contributed by atoms with Crippen molar-refractivity contribution >= 4 is 12.2 Å². The Kier molecular flexibility index (Phi) is 3.73. The normalized spacial score (nSPS) is 14.1. The van der Waals surface area contributed by atoms with Gasteiger partial charge in [-0.05, 0) is 36.8 Å². The van der Waals surface area contributed by atoms with E-state index in [1.54, 1.807) is 0 Å². The summed E-state index contributed by atoms with van der Waals surface area (Å²) in [6.07, 6.45) is 1.64. The van der Waals surface area contributed by atoms with Gasteiger partial charge in [0.15, 0.2) is 16.3 Å². The summed E-state index contributed by atoms with van der Waals surface area (Å²) in [6.45, 7) is 4.28. The number of ether oxygens (including phenoxy) is 2. The Labute approximate surface area is 122 Å². The van der Waals surface area contributed by atoms with Crippen LogP contribution in [0.4, 0.5) is 0 Å². The van der Waals surface area contributed by atoms with Gasteiger partial charge in [0.2, 0.25) is 0 Å². The van der Waals surface area contributed by atoms with Crippen LogP contribution in [0.15, 0.2) is 18.2 Å². The fourth-order valence-electron chi connectivity index (χ4n) is 2.31. The molecule has 1 aromatic heterocycles. The number of nitrogens with zero attached hydrogens (tertiary/aromatic N) is 2. The van der Waals surface area contributed by atoms with Crippen LogP contribution in [0.3, 0.4) is 0 Å². The monoisotopic (exact) mass is 291 g/mol. The number of benzene rings is 1. The molecule has 0 spiro atoms. The molecular weight excluding hydrogens is 274 g/mol. The van der Waals surface area contributed by atoms with E-state index in [0.29, 0.717) is 18.0 Å². The molecule has 3 rings (SSSR count). The number of fused-ring (bicyclic) bond motifs is 1. The van der Waals surface area contributed by atoms with E-state index < -0.39 is 0 Å². The van der Waals surface area contributed by atoms with Crippen molar-refractivity contribution in [3.63, 3.8) is 0 Å². The van der Waals surface area contributed by atoms with Crippen LogP contribution in [0.5, 0.6) is 11.5 Å². The molecule has 1 N–H and O–H groups in total. The van der Waals surface area contributed by atoms with Crippen LogP contribution in [0.2, 0.25) is 0 Å². The lowest BCUT2D eigenvalue weighted by atomic mass is 10.1. The third-order valence-corrected chi connectivity index (χ3v) is 3.64. The van der Waals surface area contributed by atoms with Crippen molar-refractivity contribution in [2.45, 2.75) is 26.3 Å². The van der Waals surface area contributed by atoms with Crippen LogP contribution in [0.25, 0.3) is 0 Å². The minimum Gasteiger partial charge on any atom is -0.490 e. The van der Waals surface area contributed by atoms with Crippen molar-refractivity contribution in [1.29, 1.82) is 0 Å². The minimum absolute atomic E-state index is 0.664. The highest BCUT2D eigenvalue weighted by Gasteiger charge is 2.12. The number of rotatable bonds is 3. The van der Waals surface area contributed by atoms with E-state index in [4.69, 9.17) is 21.7 Å². The van der Waals surface area contributed by atoms with Gasteiger partial charge in [-0.15, -0.1) is 0 Å². The van der Waals surface area contributed by atoms with Gasteiger partial charge in [0, 0.05) is 19.4 Å². The molecular formula is C14H17N3O2S. The van der Waals surface area contributed by atoms with Crippen LogP contribution in [-0.2, 0) is 13.0 Å². The van der Waals surface area contributed by atoms with Gasteiger partial charge in [-0.25, -0.2) is 0 Å². The van der Waals surface area contributed by atoms with E-state index in [1.165, 1.54) is 0 Å². The number of aromatic amines is 1. The fraction of sp³-hybridized carbons (Fsp3) is 0.429. The molecule has 2 heterocycles. The maximum Gasteiger partial charge on any atom is 0.195 e. The SMILES string of the molecule is CCn1c(Cc2ccc3c(c2)OCCCO3)n[nH]c1=S. The first-order valence-corrected chi connectivity index (χ1v) is 7.21. The topological polar surface area (TPSA) is 52.1 Å². The summed E-state index contributed by atoms with van der Waals surface area (Å²) in [6, 6.07) is 6.04. The van der Waals surface area contributed by atoms with Gasteiger partial charge in [-0.3, -0.25) is 5.10 Å². The van der Waals surface area contributed by atoms with Crippen molar-refractivity contribution in [2.24, 2.45) is 0 Å². The van der Waals surface area contributed by atoms with Crippen molar-refractivity contribution in [1.82, 2.24) is 14.8 Å². The lowest BCUT2D eigenvalue weighted by Crippen LogP contribution is -2.03.